The summed E-state index contributed by atoms with van der Waals surface area (Å²) >= 11 is 0. The largest absolute Gasteiger partial charge is 0.441 e. The highest BCUT2D eigenvalue weighted by Crippen LogP contribution is 2.28. The van der Waals surface area contributed by atoms with E-state index in [0.29, 0.717) is 49.9 Å². The SMILES string of the molecule is O=C(NCC(=O)N1CCN(c2ccc(N3CC(CF)OC3=O)cc2F)CC1)c1cn2c(n1)CNC=C2. The molecule has 3 aliphatic rings. The summed E-state index contributed by atoms with van der Waals surface area (Å²) in [5.41, 5.74) is 0.881. The second-order valence-electron chi connectivity index (χ2n) is 8.60. The third-order valence-electron chi connectivity index (χ3n) is 6.32. The normalized spacial score (nSPS) is 19.1. The fourth-order valence-corrected chi connectivity index (χ4v) is 4.37. The number of piperazine rings is 1. The topological polar surface area (TPSA) is 112 Å². The van der Waals surface area contributed by atoms with Crippen LogP contribution in [0.4, 0.5) is 25.0 Å². The fraction of sp³-hybridized carbons (Fsp3) is 0.391. The molecular formula is C23H25F2N7O4. The minimum absolute atomic E-state index is 0.0305. The van der Waals surface area contributed by atoms with E-state index in [4.69, 9.17) is 4.74 Å². The van der Waals surface area contributed by atoms with Crippen LogP contribution in [0.25, 0.3) is 6.20 Å². The zero-order valence-electron chi connectivity index (χ0n) is 19.3. The van der Waals surface area contributed by atoms with Crippen molar-refractivity contribution in [1.82, 2.24) is 25.1 Å². The van der Waals surface area contributed by atoms with Gasteiger partial charge < -0.3 is 29.7 Å². The molecule has 1 aromatic heterocycles. The third-order valence-corrected chi connectivity index (χ3v) is 6.32. The van der Waals surface area contributed by atoms with Gasteiger partial charge in [-0.1, -0.05) is 0 Å². The van der Waals surface area contributed by atoms with Crippen LogP contribution in [0.5, 0.6) is 0 Å². The molecule has 1 unspecified atom stereocenters. The van der Waals surface area contributed by atoms with Crippen molar-refractivity contribution in [2.24, 2.45) is 0 Å². The van der Waals surface area contributed by atoms with Crippen molar-refractivity contribution in [2.45, 2.75) is 12.6 Å². The molecule has 0 saturated carbocycles. The van der Waals surface area contributed by atoms with E-state index in [1.807, 2.05) is 4.90 Å². The number of hydrogen-bond donors (Lipinski definition) is 2. The molecule has 4 heterocycles. The first-order valence-corrected chi connectivity index (χ1v) is 11.6. The standard InChI is InChI=1S/C23H25F2N7O4/c24-10-16-13-32(23(35)36-16)15-1-2-19(17(25)9-15)29-5-7-30(8-6-29)21(33)12-27-22(34)18-14-31-4-3-26-11-20(31)28-18/h1-4,9,14,16,26H,5-8,10-13H2,(H,27,34). The van der Waals surface area contributed by atoms with Crippen molar-refractivity contribution in [3.05, 3.63) is 47.9 Å². The second-order valence-corrected chi connectivity index (χ2v) is 8.60. The predicted molar refractivity (Wildman–Crippen MR) is 126 cm³/mol. The van der Waals surface area contributed by atoms with Crippen LogP contribution in [0, 0.1) is 5.82 Å². The molecule has 3 aliphatic heterocycles. The van der Waals surface area contributed by atoms with Crippen LogP contribution in [0.15, 0.2) is 30.6 Å². The summed E-state index contributed by atoms with van der Waals surface area (Å²) in [4.78, 5) is 45.8. The summed E-state index contributed by atoms with van der Waals surface area (Å²) in [6.45, 7) is 1.12. The van der Waals surface area contributed by atoms with E-state index in [1.165, 1.54) is 11.0 Å². The van der Waals surface area contributed by atoms with Gasteiger partial charge in [0.2, 0.25) is 5.91 Å². The fourth-order valence-electron chi connectivity index (χ4n) is 4.37. The number of hydrogen-bond acceptors (Lipinski definition) is 7. The number of aromatic nitrogens is 2. The Kier molecular flexibility index (Phi) is 6.44. The molecule has 1 aromatic carbocycles. The molecule has 36 heavy (non-hydrogen) atoms. The predicted octanol–water partition coefficient (Wildman–Crippen LogP) is 0.927. The van der Waals surface area contributed by atoms with Gasteiger partial charge in [0.05, 0.1) is 31.0 Å². The Morgan fingerprint density at radius 2 is 2.03 bits per heavy atom. The first-order chi connectivity index (χ1) is 17.4. The van der Waals surface area contributed by atoms with E-state index in [1.54, 1.807) is 40.2 Å². The number of carbonyl (C=O) groups is 3. The van der Waals surface area contributed by atoms with Gasteiger partial charge in [-0.3, -0.25) is 14.5 Å². The monoisotopic (exact) mass is 501 g/mol. The molecule has 11 nitrogen and oxygen atoms in total. The summed E-state index contributed by atoms with van der Waals surface area (Å²) in [5, 5.41) is 5.62. The van der Waals surface area contributed by atoms with Crippen LogP contribution >= 0.6 is 0 Å². The minimum Gasteiger partial charge on any atom is -0.441 e. The Morgan fingerprint density at radius 1 is 1.22 bits per heavy atom. The van der Waals surface area contributed by atoms with Crippen molar-refractivity contribution in [1.29, 1.82) is 0 Å². The lowest BCUT2D eigenvalue weighted by Gasteiger charge is -2.36. The van der Waals surface area contributed by atoms with Crippen molar-refractivity contribution in [2.75, 3.05) is 55.7 Å². The number of fused-ring (bicyclic) bond motifs is 1. The first kappa shape index (κ1) is 23.6. The van der Waals surface area contributed by atoms with Gasteiger partial charge >= 0.3 is 6.09 Å². The van der Waals surface area contributed by atoms with Crippen LogP contribution in [-0.4, -0.2) is 84.4 Å². The Hall–Kier alpha value is -4.16. The molecule has 2 N–H and O–H groups in total. The van der Waals surface area contributed by atoms with Crippen molar-refractivity contribution in [3.8, 4) is 0 Å². The number of rotatable bonds is 6. The highest BCUT2D eigenvalue weighted by atomic mass is 19.1. The van der Waals surface area contributed by atoms with E-state index < -0.39 is 30.6 Å². The summed E-state index contributed by atoms with van der Waals surface area (Å²) in [5.74, 6) is -0.489. The highest BCUT2D eigenvalue weighted by Gasteiger charge is 2.33. The number of benzene rings is 1. The zero-order chi connectivity index (χ0) is 25.2. The van der Waals surface area contributed by atoms with E-state index >= 15 is 0 Å². The molecule has 2 saturated heterocycles. The zero-order valence-corrected chi connectivity index (χ0v) is 19.3. The smallest absolute Gasteiger partial charge is 0.414 e. The Morgan fingerprint density at radius 3 is 2.72 bits per heavy atom. The second kappa shape index (κ2) is 9.84. The molecule has 0 radical (unpaired) electrons. The van der Waals surface area contributed by atoms with Gasteiger partial charge in [-0.15, -0.1) is 0 Å². The summed E-state index contributed by atoms with van der Waals surface area (Å²) in [6.07, 6.45) is 3.57. The average molecular weight is 501 g/mol. The number of ether oxygens (including phenoxy) is 1. The molecular weight excluding hydrogens is 476 g/mol. The lowest BCUT2D eigenvalue weighted by Crippen LogP contribution is -2.51. The lowest BCUT2D eigenvalue weighted by atomic mass is 10.2. The van der Waals surface area contributed by atoms with Gasteiger partial charge in [0, 0.05) is 44.8 Å². The van der Waals surface area contributed by atoms with Gasteiger partial charge in [-0.2, -0.15) is 0 Å². The van der Waals surface area contributed by atoms with Gasteiger partial charge in [-0.25, -0.2) is 18.6 Å². The highest BCUT2D eigenvalue weighted by molar-refractivity contribution is 5.95. The average Bonchev–Trinajstić information content (AvgIpc) is 3.50. The van der Waals surface area contributed by atoms with Crippen LogP contribution in [0.2, 0.25) is 0 Å². The van der Waals surface area contributed by atoms with Crippen molar-refractivity contribution in [3.63, 3.8) is 0 Å². The molecule has 13 heteroatoms. The van der Waals surface area contributed by atoms with Gasteiger partial charge in [-0.05, 0) is 18.2 Å². The van der Waals surface area contributed by atoms with E-state index in [2.05, 4.69) is 15.6 Å². The molecule has 190 valence electrons. The number of carbonyl (C=O) groups excluding carboxylic acids is 3. The van der Waals surface area contributed by atoms with Crippen LogP contribution in [0.1, 0.15) is 16.3 Å². The maximum atomic E-state index is 14.9. The van der Waals surface area contributed by atoms with E-state index in [0.717, 1.165) is 0 Å². The number of alkyl halides is 1. The number of cyclic esters (lactones) is 1. The molecule has 3 amide bonds. The lowest BCUT2D eigenvalue weighted by molar-refractivity contribution is -0.130. The number of amides is 3. The maximum absolute atomic E-state index is 14.9. The van der Waals surface area contributed by atoms with Gasteiger partial charge in [0.25, 0.3) is 5.91 Å². The Labute approximate surface area is 205 Å². The molecule has 0 spiro atoms. The molecule has 5 rings (SSSR count). The molecule has 1 atom stereocenters. The number of imidazole rings is 1. The van der Waals surface area contributed by atoms with Gasteiger partial charge in [0.15, 0.2) is 0 Å². The third kappa shape index (κ3) is 4.68. The van der Waals surface area contributed by atoms with Crippen molar-refractivity contribution < 1.29 is 27.9 Å². The van der Waals surface area contributed by atoms with Crippen LogP contribution in [-0.2, 0) is 16.1 Å². The van der Waals surface area contributed by atoms with Crippen LogP contribution < -0.4 is 20.4 Å². The minimum atomic E-state index is -0.852. The number of halogens is 2. The van der Waals surface area contributed by atoms with Crippen LogP contribution in [0.3, 0.4) is 0 Å². The molecule has 2 fully saturated rings. The van der Waals surface area contributed by atoms with E-state index in [9.17, 15) is 23.2 Å². The Bertz CT molecular complexity index is 1210. The molecule has 0 bridgehead atoms. The van der Waals surface area contributed by atoms with Crippen molar-refractivity contribution >= 4 is 35.5 Å². The summed E-state index contributed by atoms with van der Waals surface area (Å²) < 4.78 is 34.3. The summed E-state index contributed by atoms with van der Waals surface area (Å²) in [6, 6.07) is 4.38. The molecule has 0 aliphatic carbocycles. The van der Waals surface area contributed by atoms with E-state index in [-0.39, 0.29) is 24.7 Å². The number of anilines is 2. The molecule has 2 aromatic rings. The van der Waals surface area contributed by atoms with Gasteiger partial charge in [0.1, 0.15) is 30.1 Å². The Balaban J connectivity index is 1.12. The maximum Gasteiger partial charge on any atom is 0.414 e. The summed E-state index contributed by atoms with van der Waals surface area (Å²) in [7, 11) is 0. The number of nitrogens with zero attached hydrogens (tertiary/aromatic N) is 5. The number of nitrogens with one attached hydrogen (secondary N) is 2. The quantitative estimate of drug-likeness (QED) is 0.606. The first-order valence-electron chi connectivity index (χ1n) is 11.6.